The van der Waals surface area contributed by atoms with Crippen molar-refractivity contribution in [1.29, 1.82) is 0 Å². The Hall–Kier alpha value is -1.50. The second-order valence-electron chi connectivity index (χ2n) is 5.94. The third-order valence-corrected chi connectivity index (χ3v) is 3.88. The zero-order valence-corrected chi connectivity index (χ0v) is 12.7. The number of non-ortho nitro benzene ring substituents is 1. The minimum Gasteiger partial charge on any atom is -0.379 e. The number of ether oxygens (including phenoxy) is 1. The molecule has 116 valence electrons. The van der Waals surface area contributed by atoms with Gasteiger partial charge in [-0.15, -0.1) is 0 Å². The van der Waals surface area contributed by atoms with Crippen molar-refractivity contribution in [3.8, 4) is 0 Å². The summed E-state index contributed by atoms with van der Waals surface area (Å²) in [4.78, 5) is 12.8. The lowest BCUT2D eigenvalue weighted by Crippen LogP contribution is -2.54. The molecule has 0 radical (unpaired) electrons. The van der Waals surface area contributed by atoms with Crippen molar-refractivity contribution >= 4 is 5.69 Å². The molecular weight excluding hydrogens is 270 g/mol. The van der Waals surface area contributed by atoms with Crippen molar-refractivity contribution in [2.75, 3.05) is 32.8 Å². The van der Waals surface area contributed by atoms with Crippen LogP contribution in [-0.2, 0) is 11.3 Å². The third-order valence-electron chi connectivity index (χ3n) is 3.88. The van der Waals surface area contributed by atoms with Gasteiger partial charge < -0.3 is 10.1 Å². The van der Waals surface area contributed by atoms with Crippen LogP contribution in [0.5, 0.6) is 0 Å². The van der Waals surface area contributed by atoms with Crippen molar-refractivity contribution in [3.63, 3.8) is 0 Å². The van der Waals surface area contributed by atoms with Gasteiger partial charge in [-0.25, -0.2) is 0 Å². The van der Waals surface area contributed by atoms with Crippen molar-refractivity contribution in [2.45, 2.75) is 25.9 Å². The van der Waals surface area contributed by atoms with Crippen LogP contribution >= 0.6 is 0 Å². The Bertz CT molecular complexity index is 485. The van der Waals surface area contributed by atoms with E-state index in [9.17, 15) is 10.1 Å². The maximum atomic E-state index is 10.8. The number of nitrogens with zero attached hydrogens (tertiary/aromatic N) is 2. The maximum absolute atomic E-state index is 10.8. The quantitative estimate of drug-likeness (QED) is 0.640. The van der Waals surface area contributed by atoms with E-state index >= 15 is 0 Å². The third kappa shape index (κ3) is 4.49. The molecule has 0 saturated carbocycles. The highest BCUT2D eigenvalue weighted by Crippen LogP contribution is 2.16. The summed E-state index contributed by atoms with van der Waals surface area (Å²) in [6.45, 7) is 9.35. The van der Waals surface area contributed by atoms with Crippen molar-refractivity contribution in [3.05, 3.63) is 39.9 Å². The molecule has 1 aliphatic rings. The van der Waals surface area contributed by atoms with E-state index < -0.39 is 0 Å². The molecule has 2 rings (SSSR count). The topological polar surface area (TPSA) is 67.6 Å². The summed E-state index contributed by atoms with van der Waals surface area (Å²) < 4.78 is 5.38. The SMILES string of the molecule is CC(C)(CNCc1cccc([N+](=O)[O-])c1)N1CCOCC1. The molecule has 1 saturated heterocycles. The van der Waals surface area contributed by atoms with Gasteiger partial charge in [0.1, 0.15) is 0 Å². The summed E-state index contributed by atoms with van der Waals surface area (Å²) in [5, 5.41) is 14.2. The number of nitro benzene ring substituents is 1. The van der Waals surface area contributed by atoms with E-state index in [-0.39, 0.29) is 16.1 Å². The molecule has 0 aromatic heterocycles. The first kappa shape index (κ1) is 15.9. The smallest absolute Gasteiger partial charge is 0.269 e. The van der Waals surface area contributed by atoms with Crippen LogP contribution in [0.2, 0.25) is 0 Å². The van der Waals surface area contributed by atoms with Crippen molar-refractivity contribution in [2.24, 2.45) is 0 Å². The molecule has 0 bridgehead atoms. The van der Waals surface area contributed by atoms with Crippen LogP contribution in [0.25, 0.3) is 0 Å². The molecular formula is C15H23N3O3. The van der Waals surface area contributed by atoms with Gasteiger partial charge in [0.2, 0.25) is 0 Å². The molecule has 6 nitrogen and oxygen atoms in total. The second-order valence-corrected chi connectivity index (χ2v) is 5.94. The van der Waals surface area contributed by atoms with Gasteiger partial charge in [-0.3, -0.25) is 15.0 Å². The zero-order valence-electron chi connectivity index (χ0n) is 12.7. The molecule has 0 amide bonds. The molecule has 0 spiro atoms. The lowest BCUT2D eigenvalue weighted by atomic mass is 10.0. The Kier molecular flexibility index (Phi) is 5.27. The van der Waals surface area contributed by atoms with Crippen LogP contribution in [0.1, 0.15) is 19.4 Å². The second kappa shape index (κ2) is 6.98. The van der Waals surface area contributed by atoms with E-state index in [4.69, 9.17) is 4.74 Å². The molecule has 1 fully saturated rings. The first-order valence-electron chi connectivity index (χ1n) is 7.26. The minimum atomic E-state index is -0.360. The summed E-state index contributed by atoms with van der Waals surface area (Å²) in [5.74, 6) is 0. The standard InChI is InChI=1S/C15H23N3O3/c1-15(2,17-6-8-21-9-7-17)12-16-11-13-4-3-5-14(10-13)18(19)20/h3-5,10,16H,6-9,11-12H2,1-2H3. The molecule has 1 aliphatic heterocycles. The highest BCUT2D eigenvalue weighted by Gasteiger charge is 2.27. The summed E-state index contributed by atoms with van der Waals surface area (Å²) >= 11 is 0. The molecule has 1 aromatic rings. The summed E-state index contributed by atoms with van der Waals surface area (Å²) in [7, 11) is 0. The lowest BCUT2D eigenvalue weighted by molar-refractivity contribution is -0.384. The van der Waals surface area contributed by atoms with Crippen molar-refractivity contribution < 1.29 is 9.66 Å². The lowest BCUT2D eigenvalue weighted by Gasteiger charge is -2.41. The van der Waals surface area contributed by atoms with E-state index in [1.54, 1.807) is 12.1 Å². The van der Waals surface area contributed by atoms with Crippen LogP contribution in [0, 0.1) is 10.1 Å². The van der Waals surface area contributed by atoms with E-state index in [1.807, 2.05) is 6.07 Å². The first-order chi connectivity index (χ1) is 9.99. The summed E-state index contributed by atoms with van der Waals surface area (Å²) in [6.07, 6.45) is 0. The minimum absolute atomic E-state index is 0.0461. The predicted octanol–water partition coefficient (Wildman–Crippen LogP) is 1.80. The monoisotopic (exact) mass is 293 g/mol. The van der Waals surface area contributed by atoms with Gasteiger partial charge in [0, 0.05) is 43.9 Å². The van der Waals surface area contributed by atoms with Crippen molar-refractivity contribution in [1.82, 2.24) is 10.2 Å². The molecule has 0 aliphatic carbocycles. The van der Waals surface area contributed by atoms with Gasteiger partial charge in [0.25, 0.3) is 5.69 Å². The fraction of sp³-hybridized carbons (Fsp3) is 0.600. The largest absolute Gasteiger partial charge is 0.379 e. The van der Waals surface area contributed by atoms with Gasteiger partial charge in [-0.2, -0.15) is 0 Å². The Morgan fingerprint density at radius 1 is 1.38 bits per heavy atom. The van der Waals surface area contributed by atoms with Gasteiger partial charge >= 0.3 is 0 Å². The molecule has 1 aromatic carbocycles. The fourth-order valence-corrected chi connectivity index (χ4v) is 2.57. The zero-order chi connectivity index (χ0) is 15.3. The van der Waals surface area contributed by atoms with Gasteiger partial charge in [0.05, 0.1) is 18.1 Å². The molecule has 1 heterocycles. The summed E-state index contributed by atoms with van der Waals surface area (Å²) in [6, 6.07) is 6.76. The average Bonchev–Trinajstić information content (AvgIpc) is 2.48. The maximum Gasteiger partial charge on any atom is 0.269 e. The van der Waals surface area contributed by atoms with Crippen LogP contribution in [0.15, 0.2) is 24.3 Å². The van der Waals surface area contributed by atoms with E-state index in [2.05, 4.69) is 24.1 Å². The van der Waals surface area contributed by atoms with E-state index in [0.717, 1.165) is 38.4 Å². The summed E-state index contributed by atoms with van der Waals surface area (Å²) in [5.41, 5.74) is 1.12. The van der Waals surface area contributed by atoms with E-state index in [0.29, 0.717) is 6.54 Å². The predicted molar refractivity (Wildman–Crippen MR) is 81.3 cm³/mol. The van der Waals surface area contributed by atoms with Gasteiger partial charge in [-0.1, -0.05) is 12.1 Å². The highest BCUT2D eigenvalue weighted by molar-refractivity contribution is 5.34. The Morgan fingerprint density at radius 3 is 2.76 bits per heavy atom. The Balaban J connectivity index is 1.85. The first-order valence-corrected chi connectivity index (χ1v) is 7.26. The number of hydrogen-bond acceptors (Lipinski definition) is 5. The Labute approximate surface area is 125 Å². The van der Waals surface area contributed by atoms with Crippen LogP contribution < -0.4 is 5.32 Å². The number of rotatable bonds is 6. The number of nitro groups is 1. The number of benzene rings is 1. The van der Waals surface area contributed by atoms with Crippen LogP contribution in [-0.4, -0.2) is 48.2 Å². The van der Waals surface area contributed by atoms with Gasteiger partial charge in [0.15, 0.2) is 0 Å². The molecule has 0 atom stereocenters. The van der Waals surface area contributed by atoms with Crippen LogP contribution in [0.3, 0.4) is 0 Å². The number of morpholine rings is 1. The molecule has 1 N–H and O–H groups in total. The molecule has 0 unspecified atom stereocenters. The van der Waals surface area contributed by atoms with Crippen LogP contribution in [0.4, 0.5) is 5.69 Å². The molecule has 6 heteroatoms. The van der Waals surface area contributed by atoms with E-state index in [1.165, 1.54) is 6.07 Å². The van der Waals surface area contributed by atoms with Gasteiger partial charge in [-0.05, 0) is 19.4 Å². The normalized spacial score (nSPS) is 16.9. The molecule has 21 heavy (non-hydrogen) atoms. The average molecular weight is 293 g/mol. The number of nitrogens with one attached hydrogen (secondary N) is 1. The fourth-order valence-electron chi connectivity index (χ4n) is 2.57. The Morgan fingerprint density at radius 2 is 2.10 bits per heavy atom. The highest BCUT2D eigenvalue weighted by atomic mass is 16.6. The number of hydrogen-bond donors (Lipinski definition) is 1.